The van der Waals surface area contributed by atoms with Gasteiger partial charge in [0.25, 0.3) is 0 Å². The van der Waals surface area contributed by atoms with Crippen molar-refractivity contribution in [3.05, 3.63) is 34.0 Å². The molecule has 2 nitrogen and oxygen atoms in total. The Morgan fingerprint density at radius 2 is 1.84 bits per heavy atom. The SMILES string of the molecule is O=C(c1cc2cc(Cl)cc(Cl)c2o1)C1CCCCC1. The van der Waals surface area contributed by atoms with Crippen molar-refractivity contribution in [3.63, 3.8) is 0 Å². The summed E-state index contributed by atoms with van der Waals surface area (Å²) in [5, 5.41) is 1.79. The average Bonchev–Trinajstić information content (AvgIpc) is 2.83. The molecule has 2 aromatic rings. The molecule has 0 atom stereocenters. The van der Waals surface area contributed by atoms with E-state index in [0.717, 1.165) is 31.1 Å². The third kappa shape index (κ3) is 2.52. The van der Waals surface area contributed by atoms with Gasteiger partial charge in [0, 0.05) is 16.3 Å². The number of hydrogen-bond acceptors (Lipinski definition) is 2. The van der Waals surface area contributed by atoms with E-state index in [1.807, 2.05) is 0 Å². The van der Waals surface area contributed by atoms with E-state index in [0.29, 0.717) is 21.4 Å². The van der Waals surface area contributed by atoms with E-state index in [9.17, 15) is 4.79 Å². The molecule has 0 aliphatic heterocycles. The normalized spacial score (nSPS) is 16.9. The van der Waals surface area contributed by atoms with E-state index in [-0.39, 0.29) is 11.7 Å². The van der Waals surface area contributed by atoms with Gasteiger partial charge in [-0.15, -0.1) is 0 Å². The lowest BCUT2D eigenvalue weighted by molar-refractivity contribution is 0.0863. The summed E-state index contributed by atoms with van der Waals surface area (Å²) in [7, 11) is 0. The van der Waals surface area contributed by atoms with Gasteiger partial charge >= 0.3 is 0 Å². The number of furan rings is 1. The number of ketones is 1. The molecule has 19 heavy (non-hydrogen) atoms. The zero-order valence-electron chi connectivity index (χ0n) is 10.4. The molecule has 0 amide bonds. The van der Waals surface area contributed by atoms with Crippen LogP contribution >= 0.6 is 23.2 Å². The predicted octanol–water partition coefficient (Wildman–Crippen LogP) is 5.50. The first-order valence-corrected chi connectivity index (χ1v) is 7.33. The molecule has 0 N–H and O–H groups in total. The predicted molar refractivity (Wildman–Crippen MR) is 77.1 cm³/mol. The summed E-state index contributed by atoms with van der Waals surface area (Å²) in [5.41, 5.74) is 0.547. The number of carbonyl (C=O) groups is 1. The first-order chi connectivity index (χ1) is 9.15. The van der Waals surface area contributed by atoms with Gasteiger partial charge in [-0.3, -0.25) is 4.79 Å². The lowest BCUT2D eigenvalue weighted by Gasteiger charge is -2.18. The molecule has 1 fully saturated rings. The Balaban J connectivity index is 1.96. The second-order valence-corrected chi connectivity index (χ2v) is 5.96. The van der Waals surface area contributed by atoms with Gasteiger partial charge < -0.3 is 4.42 Å². The fourth-order valence-electron chi connectivity index (χ4n) is 2.76. The van der Waals surface area contributed by atoms with Crippen LogP contribution < -0.4 is 0 Å². The number of hydrogen-bond donors (Lipinski definition) is 0. The second-order valence-electron chi connectivity index (χ2n) is 5.12. The van der Waals surface area contributed by atoms with Crippen LogP contribution in [0.3, 0.4) is 0 Å². The van der Waals surface area contributed by atoms with Crippen LogP contribution in [0.2, 0.25) is 10.0 Å². The highest BCUT2D eigenvalue weighted by Crippen LogP contribution is 2.33. The molecule has 1 saturated carbocycles. The Kier molecular flexibility index (Phi) is 3.55. The van der Waals surface area contributed by atoms with Crippen LogP contribution in [0.4, 0.5) is 0 Å². The molecule has 1 aromatic heterocycles. The summed E-state index contributed by atoms with van der Waals surface area (Å²) in [5.74, 6) is 0.609. The van der Waals surface area contributed by atoms with Crippen molar-refractivity contribution in [1.82, 2.24) is 0 Å². The van der Waals surface area contributed by atoms with Gasteiger partial charge in [-0.25, -0.2) is 0 Å². The molecule has 0 bridgehead atoms. The minimum Gasteiger partial charge on any atom is -0.451 e. The van der Waals surface area contributed by atoms with E-state index in [1.165, 1.54) is 6.42 Å². The number of carbonyl (C=O) groups excluding carboxylic acids is 1. The quantitative estimate of drug-likeness (QED) is 0.685. The Morgan fingerprint density at radius 1 is 1.11 bits per heavy atom. The highest BCUT2D eigenvalue weighted by atomic mass is 35.5. The molecule has 100 valence electrons. The van der Waals surface area contributed by atoms with Crippen molar-refractivity contribution in [2.75, 3.05) is 0 Å². The van der Waals surface area contributed by atoms with E-state index in [2.05, 4.69) is 0 Å². The maximum atomic E-state index is 12.4. The summed E-state index contributed by atoms with van der Waals surface area (Å²) >= 11 is 12.0. The van der Waals surface area contributed by atoms with Crippen LogP contribution in [0, 0.1) is 5.92 Å². The van der Waals surface area contributed by atoms with E-state index >= 15 is 0 Å². The summed E-state index contributed by atoms with van der Waals surface area (Å²) in [6, 6.07) is 5.15. The van der Waals surface area contributed by atoms with Crippen molar-refractivity contribution in [1.29, 1.82) is 0 Å². The molecule has 0 spiro atoms. The van der Waals surface area contributed by atoms with Crippen molar-refractivity contribution >= 4 is 40.0 Å². The fourth-order valence-corrected chi connectivity index (χ4v) is 3.31. The third-order valence-electron chi connectivity index (χ3n) is 3.75. The molecule has 0 unspecified atom stereocenters. The Labute approximate surface area is 121 Å². The molecular formula is C15H14Cl2O2. The highest BCUT2D eigenvalue weighted by Gasteiger charge is 2.25. The molecule has 4 heteroatoms. The smallest absolute Gasteiger partial charge is 0.201 e. The van der Waals surface area contributed by atoms with Crippen molar-refractivity contribution in [3.8, 4) is 0 Å². The maximum Gasteiger partial charge on any atom is 0.201 e. The van der Waals surface area contributed by atoms with Crippen molar-refractivity contribution < 1.29 is 9.21 Å². The van der Waals surface area contributed by atoms with Gasteiger partial charge in [0.05, 0.1) is 5.02 Å². The number of benzene rings is 1. The fraction of sp³-hybridized carbons (Fsp3) is 0.400. The lowest BCUT2D eigenvalue weighted by Crippen LogP contribution is -2.17. The Hall–Kier alpha value is -0.990. The first kappa shape index (κ1) is 13.0. The van der Waals surface area contributed by atoms with Crippen LogP contribution in [0.5, 0.6) is 0 Å². The monoisotopic (exact) mass is 296 g/mol. The van der Waals surface area contributed by atoms with Crippen molar-refractivity contribution in [2.24, 2.45) is 5.92 Å². The summed E-state index contributed by atoms with van der Waals surface area (Å²) < 4.78 is 5.63. The van der Waals surface area contributed by atoms with Gasteiger partial charge in [-0.2, -0.15) is 0 Å². The third-order valence-corrected chi connectivity index (χ3v) is 4.25. The molecule has 0 radical (unpaired) electrons. The number of Topliss-reactive ketones (excluding diaryl/α,β-unsaturated/α-hetero) is 1. The molecule has 1 aliphatic carbocycles. The van der Waals surface area contributed by atoms with Gasteiger partial charge in [0.15, 0.2) is 11.3 Å². The molecular weight excluding hydrogens is 283 g/mol. The van der Waals surface area contributed by atoms with Crippen LogP contribution in [-0.2, 0) is 0 Å². The minimum atomic E-state index is 0.100. The van der Waals surface area contributed by atoms with Gasteiger partial charge in [-0.05, 0) is 31.0 Å². The second kappa shape index (κ2) is 5.18. The zero-order chi connectivity index (χ0) is 13.4. The van der Waals surface area contributed by atoms with Crippen LogP contribution in [0.1, 0.15) is 42.7 Å². The standard InChI is InChI=1S/C15H14Cl2O2/c16-11-6-10-7-13(19-15(10)12(17)8-11)14(18)9-4-2-1-3-5-9/h6-9H,1-5H2. The first-order valence-electron chi connectivity index (χ1n) is 6.58. The van der Waals surface area contributed by atoms with Crippen LogP contribution in [0.25, 0.3) is 11.0 Å². The molecule has 0 saturated heterocycles. The number of halogens is 2. The Bertz CT molecular complexity index is 624. The molecule has 1 aliphatic rings. The molecule has 1 heterocycles. The highest BCUT2D eigenvalue weighted by molar-refractivity contribution is 6.38. The summed E-state index contributed by atoms with van der Waals surface area (Å²) in [4.78, 5) is 12.4. The van der Waals surface area contributed by atoms with Crippen molar-refractivity contribution in [2.45, 2.75) is 32.1 Å². The zero-order valence-corrected chi connectivity index (χ0v) is 11.9. The van der Waals surface area contributed by atoms with Gasteiger partial charge in [0.2, 0.25) is 5.78 Å². The maximum absolute atomic E-state index is 12.4. The minimum absolute atomic E-state index is 0.100. The van der Waals surface area contributed by atoms with Gasteiger partial charge in [0.1, 0.15) is 0 Å². The van der Waals surface area contributed by atoms with Gasteiger partial charge in [-0.1, -0.05) is 42.5 Å². The number of rotatable bonds is 2. The lowest BCUT2D eigenvalue weighted by atomic mass is 9.85. The van der Waals surface area contributed by atoms with E-state index in [1.54, 1.807) is 18.2 Å². The topological polar surface area (TPSA) is 30.2 Å². The average molecular weight is 297 g/mol. The largest absolute Gasteiger partial charge is 0.451 e. The van der Waals surface area contributed by atoms with E-state index in [4.69, 9.17) is 27.6 Å². The Morgan fingerprint density at radius 3 is 2.58 bits per heavy atom. The van der Waals surface area contributed by atoms with Crippen LogP contribution in [0.15, 0.2) is 22.6 Å². The summed E-state index contributed by atoms with van der Waals surface area (Å²) in [6.45, 7) is 0. The summed E-state index contributed by atoms with van der Waals surface area (Å²) in [6.07, 6.45) is 5.41. The number of fused-ring (bicyclic) bond motifs is 1. The van der Waals surface area contributed by atoms with Crippen LogP contribution in [-0.4, -0.2) is 5.78 Å². The molecule has 1 aromatic carbocycles. The molecule has 3 rings (SSSR count). The van der Waals surface area contributed by atoms with E-state index < -0.39 is 0 Å².